The van der Waals surface area contributed by atoms with Crippen molar-refractivity contribution in [1.29, 1.82) is 0 Å². The van der Waals surface area contributed by atoms with E-state index in [4.69, 9.17) is 4.74 Å². The zero-order chi connectivity index (χ0) is 17.1. The average molecular weight is 328 g/mol. The molecule has 1 amide bonds. The Hall–Kier alpha value is -2.21. The highest BCUT2D eigenvalue weighted by Crippen LogP contribution is 2.22. The maximum absolute atomic E-state index is 12.7. The maximum Gasteiger partial charge on any atom is 0.274 e. The van der Waals surface area contributed by atoms with Crippen molar-refractivity contribution in [2.24, 2.45) is 0 Å². The fraction of sp³-hybridized carbons (Fsp3) is 0.500. The number of nitrogens with zero attached hydrogens (tertiary/aromatic N) is 3. The van der Waals surface area contributed by atoms with Crippen LogP contribution in [0.1, 0.15) is 54.4 Å². The van der Waals surface area contributed by atoms with E-state index in [-0.39, 0.29) is 17.9 Å². The van der Waals surface area contributed by atoms with Gasteiger partial charge in [0, 0.05) is 19.3 Å². The van der Waals surface area contributed by atoms with Gasteiger partial charge in [0.1, 0.15) is 0 Å². The van der Waals surface area contributed by atoms with Gasteiger partial charge in [0.15, 0.2) is 5.69 Å². The Kier molecular flexibility index (Phi) is 4.94. The first kappa shape index (κ1) is 16.6. The summed E-state index contributed by atoms with van der Waals surface area (Å²) in [6.45, 7) is 7.53. The monoisotopic (exact) mass is 328 g/mol. The van der Waals surface area contributed by atoms with Crippen molar-refractivity contribution >= 4 is 5.91 Å². The number of rotatable bonds is 4. The Morgan fingerprint density at radius 3 is 2.54 bits per heavy atom. The standard InChI is InChI=1S/C18H24N4O2/c1-12(2)17-16(18(23)19-14-8-10-24-11-9-14)20-21-22(17)15-6-4-13(3)5-7-15/h4-7,12,14H,8-11H2,1-3H3,(H,19,23). The van der Waals surface area contributed by atoms with E-state index in [2.05, 4.69) is 29.5 Å². The van der Waals surface area contributed by atoms with E-state index in [1.54, 1.807) is 4.68 Å². The molecule has 1 saturated heterocycles. The first-order valence-electron chi connectivity index (χ1n) is 8.47. The van der Waals surface area contributed by atoms with Crippen LogP contribution in [0, 0.1) is 6.92 Å². The van der Waals surface area contributed by atoms with Crippen molar-refractivity contribution in [1.82, 2.24) is 20.3 Å². The van der Waals surface area contributed by atoms with Crippen molar-refractivity contribution in [2.45, 2.75) is 45.6 Å². The van der Waals surface area contributed by atoms with Crippen molar-refractivity contribution in [3.63, 3.8) is 0 Å². The minimum atomic E-state index is -0.149. The smallest absolute Gasteiger partial charge is 0.274 e. The summed E-state index contributed by atoms with van der Waals surface area (Å²) in [5.41, 5.74) is 3.35. The molecule has 0 bridgehead atoms. The summed E-state index contributed by atoms with van der Waals surface area (Å²) < 4.78 is 7.10. The third-order valence-corrected chi connectivity index (χ3v) is 4.30. The first-order chi connectivity index (χ1) is 11.6. The number of benzene rings is 1. The van der Waals surface area contributed by atoms with E-state index in [1.807, 2.05) is 31.2 Å². The maximum atomic E-state index is 12.7. The van der Waals surface area contributed by atoms with E-state index in [9.17, 15) is 4.79 Å². The molecule has 128 valence electrons. The Morgan fingerprint density at radius 2 is 1.92 bits per heavy atom. The van der Waals surface area contributed by atoms with Gasteiger partial charge in [-0.25, -0.2) is 4.68 Å². The molecular weight excluding hydrogens is 304 g/mol. The van der Waals surface area contributed by atoms with Crippen LogP contribution in [0.2, 0.25) is 0 Å². The molecule has 0 atom stereocenters. The summed E-state index contributed by atoms with van der Waals surface area (Å²) in [5.74, 6) is -0.0132. The molecule has 2 heterocycles. The number of nitrogens with one attached hydrogen (secondary N) is 1. The van der Waals surface area contributed by atoms with E-state index in [1.165, 1.54) is 5.56 Å². The summed E-state index contributed by atoms with van der Waals surface area (Å²) in [7, 11) is 0. The predicted molar refractivity (Wildman–Crippen MR) is 91.5 cm³/mol. The van der Waals surface area contributed by atoms with Gasteiger partial charge in [0.25, 0.3) is 5.91 Å². The van der Waals surface area contributed by atoms with Crippen LogP contribution in [0.25, 0.3) is 5.69 Å². The lowest BCUT2D eigenvalue weighted by Crippen LogP contribution is -2.39. The Balaban J connectivity index is 1.88. The third kappa shape index (κ3) is 3.48. The van der Waals surface area contributed by atoms with Gasteiger partial charge in [-0.2, -0.15) is 0 Å². The largest absolute Gasteiger partial charge is 0.381 e. The van der Waals surface area contributed by atoms with Crippen molar-refractivity contribution in [3.8, 4) is 5.69 Å². The fourth-order valence-corrected chi connectivity index (χ4v) is 2.94. The lowest BCUT2D eigenvalue weighted by molar-refractivity contribution is 0.0693. The van der Waals surface area contributed by atoms with Crippen molar-refractivity contribution < 1.29 is 9.53 Å². The second-order valence-corrected chi connectivity index (χ2v) is 6.59. The third-order valence-electron chi connectivity index (χ3n) is 4.30. The normalized spacial score (nSPS) is 15.7. The highest BCUT2D eigenvalue weighted by atomic mass is 16.5. The van der Waals surface area contributed by atoms with Crippen molar-refractivity contribution in [3.05, 3.63) is 41.2 Å². The van der Waals surface area contributed by atoms with Gasteiger partial charge in [-0.15, -0.1) is 5.10 Å². The molecule has 1 fully saturated rings. The van der Waals surface area contributed by atoms with Gasteiger partial charge in [0.05, 0.1) is 11.4 Å². The molecule has 0 aliphatic carbocycles. The number of hydrogen-bond donors (Lipinski definition) is 1. The van der Waals surface area contributed by atoms with E-state index >= 15 is 0 Å². The number of carbonyl (C=O) groups excluding carboxylic acids is 1. The van der Waals surface area contributed by atoms with Crippen molar-refractivity contribution in [2.75, 3.05) is 13.2 Å². The van der Waals surface area contributed by atoms with Gasteiger partial charge in [0.2, 0.25) is 0 Å². The predicted octanol–water partition coefficient (Wildman–Crippen LogP) is 2.61. The van der Waals surface area contributed by atoms with E-state index in [0.29, 0.717) is 18.9 Å². The number of amides is 1. The first-order valence-corrected chi connectivity index (χ1v) is 8.47. The Bertz CT molecular complexity index is 700. The Labute approximate surface area is 142 Å². The summed E-state index contributed by atoms with van der Waals surface area (Å²) in [4.78, 5) is 12.7. The summed E-state index contributed by atoms with van der Waals surface area (Å²) in [6.07, 6.45) is 1.68. The molecule has 0 radical (unpaired) electrons. The molecule has 1 aliphatic rings. The van der Waals surface area contributed by atoms with Gasteiger partial charge < -0.3 is 10.1 Å². The summed E-state index contributed by atoms with van der Waals surface area (Å²) >= 11 is 0. The minimum absolute atomic E-state index is 0.136. The van der Waals surface area contributed by atoms with Gasteiger partial charge in [-0.05, 0) is 37.8 Å². The average Bonchev–Trinajstić information content (AvgIpc) is 3.02. The Morgan fingerprint density at radius 1 is 1.25 bits per heavy atom. The van der Waals surface area contributed by atoms with Crippen LogP contribution in [0.15, 0.2) is 24.3 Å². The molecule has 24 heavy (non-hydrogen) atoms. The van der Waals surface area contributed by atoms with Crippen LogP contribution in [0.3, 0.4) is 0 Å². The number of carbonyl (C=O) groups is 1. The van der Waals surface area contributed by atoms with E-state index < -0.39 is 0 Å². The molecule has 1 aromatic carbocycles. The summed E-state index contributed by atoms with van der Waals surface area (Å²) in [6, 6.07) is 8.20. The summed E-state index contributed by atoms with van der Waals surface area (Å²) in [5, 5.41) is 11.5. The molecular formula is C18H24N4O2. The number of ether oxygens (including phenoxy) is 1. The van der Waals surface area contributed by atoms with Crippen LogP contribution in [-0.4, -0.2) is 40.2 Å². The second-order valence-electron chi connectivity index (χ2n) is 6.59. The molecule has 2 aromatic rings. The van der Waals surface area contributed by atoms with Gasteiger partial charge in [-0.1, -0.05) is 36.8 Å². The van der Waals surface area contributed by atoms with E-state index in [0.717, 1.165) is 24.2 Å². The zero-order valence-electron chi connectivity index (χ0n) is 14.5. The molecule has 0 saturated carbocycles. The van der Waals surface area contributed by atoms with Crippen LogP contribution in [0.5, 0.6) is 0 Å². The zero-order valence-corrected chi connectivity index (χ0v) is 14.5. The molecule has 1 aromatic heterocycles. The van der Waals surface area contributed by atoms with Crippen LogP contribution in [0.4, 0.5) is 0 Å². The highest BCUT2D eigenvalue weighted by Gasteiger charge is 2.25. The molecule has 6 nitrogen and oxygen atoms in total. The SMILES string of the molecule is Cc1ccc(-n2nnc(C(=O)NC3CCOCC3)c2C(C)C)cc1. The quantitative estimate of drug-likeness (QED) is 0.937. The minimum Gasteiger partial charge on any atom is -0.381 e. The molecule has 3 rings (SSSR count). The van der Waals surface area contributed by atoms with Crippen LogP contribution in [-0.2, 0) is 4.74 Å². The van der Waals surface area contributed by atoms with Crippen LogP contribution < -0.4 is 5.32 Å². The lowest BCUT2D eigenvalue weighted by atomic mass is 10.1. The van der Waals surface area contributed by atoms with Gasteiger partial charge >= 0.3 is 0 Å². The molecule has 1 aliphatic heterocycles. The number of aryl methyl sites for hydroxylation is 1. The van der Waals surface area contributed by atoms with Gasteiger partial charge in [-0.3, -0.25) is 4.79 Å². The molecule has 1 N–H and O–H groups in total. The fourth-order valence-electron chi connectivity index (χ4n) is 2.94. The second kappa shape index (κ2) is 7.13. The number of hydrogen-bond acceptors (Lipinski definition) is 4. The number of aromatic nitrogens is 3. The highest BCUT2D eigenvalue weighted by molar-refractivity contribution is 5.93. The lowest BCUT2D eigenvalue weighted by Gasteiger charge is -2.23. The van der Waals surface area contributed by atoms with Crippen LogP contribution >= 0.6 is 0 Å². The molecule has 6 heteroatoms. The molecule has 0 spiro atoms. The topological polar surface area (TPSA) is 69.0 Å². The molecule has 0 unspecified atom stereocenters.